The zero-order valence-electron chi connectivity index (χ0n) is 9.07. The molecule has 1 aromatic carbocycles. The Morgan fingerprint density at radius 2 is 1.94 bits per heavy atom. The summed E-state index contributed by atoms with van der Waals surface area (Å²) in [5, 5.41) is 4.11. The van der Waals surface area contributed by atoms with Crippen molar-refractivity contribution in [2.75, 3.05) is 5.32 Å². The fourth-order valence-corrected chi connectivity index (χ4v) is 2.24. The average Bonchev–Trinajstić information content (AvgIpc) is 2.66. The molecule has 1 N–H and O–H groups in total. The van der Waals surface area contributed by atoms with E-state index in [-0.39, 0.29) is 0 Å². The van der Waals surface area contributed by atoms with E-state index < -0.39 is 0 Å². The van der Waals surface area contributed by atoms with Gasteiger partial charge >= 0.3 is 0 Å². The topological polar surface area (TPSA) is 37.8 Å². The minimum absolute atomic E-state index is 0.380. The zero-order chi connectivity index (χ0) is 11.5. The number of anilines is 1. The summed E-state index contributed by atoms with van der Waals surface area (Å²) in [5.41, 5.74) is 1.04. The predicted octanol–water partition coefficient (Wildman–Crippen LogP) is 3.79. The smallest absolute Gasteiger partial charge is 0.203 e. The first kappa shape index (κ1) is 11.5. The van der Waals surface area contributed by atoms with E-state index in [9.17, 15) is 0 Å². The molecule has 0 unspecified atom stereocenters. The Bertz CT molecular complexity index is 464. The number of nitrogens with one attached hydrogen (secondary N) is 1. The highest BCUT2D eigenvalue weighted by atomic mass is 79.9. The largest absolute Gasteiger partial charge is 0.358 e. The summed E-state index contributed by atoms with van der Waals surface area (Å²) >= 11 is 4.80. The minimum atomic E-state index is 0.380. The quantitative estimate of drug-likeness (QED) is 0.937. The number of aromatic nitrogens is 2. The van der Waals surface area contributed by atoms with Crippen molar-refractivity contribution in [2.24, 2.45) is 0 Å². The van der Waals surface area contributed by atoms with Crippen LogP contribution >= 0.6 is 27.5 Å². The first-order valence-corrected chi connectivity index (χ1v) is 6.58. The van der Waals surface area contributed by atoms with Crippen LogP contribution in [0.1, 0.15) is 13.8 Å². The van der Waals surface area contributed by atoms with Crippen LogP contribution in [0.2, 0.25) is 0 Å². The van der Waals surface area contributed by atoms with Crippen molar-refractivity contribution >= 4 is 32.6 Å². The van der Waals surface area contributed by atoms with Crippen molar-refractivity contribution in [3.8, 4) is 11.4 Å². The number of rotatable bonds is 3. The summed E-state index contributed by atoms with van der Waals surface area (Å²) in [7, 11) is 0. The molecule has 0 amide bonds. The Kier molecular flexibility index (Phi) is 3.56. The summed E-state index contributed by atoms with van der Waals surface area (Å²) in [6, 6.07) is 8.37. The van der Waals surface area contributed by atoms with Crippen molar-refractivity contribution in [3.05, 3.63) is 28.7 Å². The summed E-state index contributed by atoms with van der Waals surface area (Å²) < 4.78 is 5.38. The fraction of sp³-hybridized carbons (Fsp3) is 0.273. The second-order valence-electron chi connectivity index (χ2n) is 3.73. The molecule has 0 aliphatic rings. The molecular formula is C11H12BrN3S. The van der Waals surface area contributed by atoms with E-state index in [0.717, 1.165) is 21.0 Å². The van der Waals surface area contributed by atoms with Crippen molar-refractivity contribution < 1.29 is 0 Å². The highest BCUT2D eigenvalue weighted by Crippen LogP contribution is 2.22. The SMILES string of the molecule is CC(C)Nc1nc(-c2ccc(Br)cc2)ns1. The van der Waals surface area contributed by atoms with Gasteiger partial charge in [0.1, 0.15) is 0 Å². The molecular weight excluding hydrogens is 286 g/mol. The van der Waals surface area contributed by atoms with Gasteiger partial charge in [-0.15, -0.1) is 0 Å². The molecule has 3 nitrogen and oxygen atoms in total. The van der Waals surface area contributed by atoms with Gasteiger partial charge in [0, 0.05) is 27.6 Å². The normalized spacial score (nSPS) is 10.8. The van der Waals surface area contributed by atoms with Crippen LogP contribution in [0.3, 0.4) is 0 Å². The summed E-state index contributed by atoms with van der Waals surface area (Å²) in [6.45, 7) is 4.17. The monoisotopic (exact) mass is 297 g/mol. The minimum Gasteiger partial charge on any atom is -0.358 e. The third-order valence-electron chi connectivity index (χ3n) is 1.94. The van der Waals surface area contributed by atoms with Crippen LogP contribution in [-0.2, 0) is 0 Å². The molecule has 0 aliphatic carbocycles. The summed E-state index contributed by atoms with van der Waals surface area (Å²) in [5.74, 6) is 0.778. The van der Waals surface area contributed by atoms with Crippen molar-refractivity contribution in [2.45, 2.75) is 19.9 Å². The van der Waals surface area contributed by atoms with Crippen LogP contribution in [-0.4, -0.2) is 15.4 Å². The van der Waals surface area contributed by atoms with Crippen LogP contribution < -0.4 is 5.32 Å². The molecule has 0 radical (unpaired) electrons. The molecule has 16 heavy (non-hydrogen) atoms. The van der Waals surface area contributed by atoms with Crippen LogP contribution in [0.15, 0.2) is 28.7 Å². The lowest BCUT2D eigenvalue weighted by atomic mass is 10.2. The highest BCUT2D eigenvalue weighted by molar-refractivity contribution is 9.10. The summed E-state index contributed by atoms with van der Waals surface area (Å²) in [6.07, 6.45) is 0. The number of nitrogens with zero attached hydrogens (tertiary/aromatic N) is 2. The Morgan fingerprint density at radius 1 is 1.25 bits per heavy atom. The van der Waals surface area contributed by atoms with E-state index in [1.165, 1.54) is 11.5 Å². The Balaban J connectivity index is 2.21. The van der Waals surface area contributed by atoms with E-state index in [0.29, 0.717) is 6.04 Å². The number of halogens is 1. The molecule has 0 bridgehead atoms. The number of benzene rings is 1. The van der Waals surface area contributed by atoms with Crippen LogP contribution in [0.25, 0.3) is 11.4 Å². The molecule has 0 atom stereocenters. The molecule has 1 heterocycles. The molecule has 0 saturated carbocycles. The highest BCUT2D eigenvalue weighted by Gasteiger charge is 2.06. The molecule has 0 spiro atoms. The third-order valence-corrected chi connectivity index (χ3v) is 3.12. The molecule has 5 heteroatoms. The molecule has 0 saturated heterocycles. The van der Waals surface area contributed by atoms with Crippen LogP contribution in [0, 0.1) is 0 Å². The molecule has 2 rings (SSSR count). The van der Waals surface area contributed by atoms with Gasteiger partial charge in [0.05, 0.1) is 0 Å². The van der Waals surface area contributed by atoms with Gasteiger partial charge in [0.2, 0.25) is 5.13 Å². The van der Waals surface area contributed by atoms with Crippen LogP contribution in [0.5, 0.6) is 0 Å². The second kappa shape index (κ2) is 4.93. The first-order chi connectivity index (χ1) is 7.65. The van der Waals surface area contributed by atoms with E-state index in [2.05, 4.69) is 44.5 Å². The first-order valence-electron chi connectivity index (χ1n) is 5.01. The Hall–Kier alpha value is -0.940. The average molecular weight is 298 g/mol. The zero-order valence-corrected chi connectivity index (χ0v) is 11.5. The maximum absolute atomic E-state index is 4.43. The van der Waals surface area contributed by atoms with Crippen LogP contribution in [0.4, 0.5) is 5.13 Å². The van der Waals surface area contributed by atoms with Gasteiger partial charge in [-0.1, -0.05) is 28.1 Å². The fourth-order valence-electron chi connectivity index (χ4n) is 1.25. The van der Waals surface area contributed by atoms with E-state index >= 15 is 0 Å². The lowest BCUT2D eigenvalue weighted by molar-refractivity contribution is 0.896. The maximum atomic E-state index is 4.43. The van der Waals surface area contributed by atoms with E-state index in [4.69, 9.17) is 0 Å². The van der Waals surface area contributed by atoms with Gasteiger partial charge in [-0.25, -0.2) is 0 Å². The third kappa shape index (κ3) is 2.80. The predicted molar refractivity (Wildman–Crippen MR) is 71.8 cm³/mol. The van der Waals surface area contributed by atoms with Crippen molar-refractivity contribution in [1.82, 2.24) is 9.36 Å². The van der Waals surface area contributed by atoms with Gasteiger partial charge < -0.3 is 5.32 Å². The van der Waals surface area contributed by atoms with Gasteiger partial charge in [-0.3, -0.25) is 0 Å². The standard InChI is InChI=1S/C11H12BrN3S/c1-7(2)13-11-14-10(15-16-11)8-3-5-9(12)6-4-8/h3-7H,1-2H3,(H,13,14,15). The lowest BCUT2D eigenvalue weighted by Gasteiger charge is -2.03. The molecule has 2 aromatic rings. The van der Waals surface area contributed by atoms with E-state index in [1.807, 2.05) is 24.3 Å². The Labute approximate surface area is 107 Å². The van der Waals surface area contributed by atoms with Gasteiger partial charge in [0.25, 0.3) is 0 Å². The number of hydrogen-bond acceptors (Lipinski definition) is 4. The molecule has 0 fully saturated rings. The van der Waals surface area contributed by atoms with Gasteiger partial charge in [-0.05, 0) is 26.0 Å². The molecule has 1 aromatic heterocycles. The Morgan fingerprint density at radius 3 is 2.56 bits per heavy atom. The van der Waals surface area contributed by atoms with Crippen molar-refractivity contribution in [1.29, 1.82) is 0 Å². The molecule has 0 aliphatic heterocycles. The summed E-state index contributed by atoms with van der Waals surface area (Å²) in [4.78, 5) is 4.43. The maximum Gasteiger partial charge on any atom is 0.203 e. The van der Waals surface area contributed by atoms with Gasteiger partial charge in [0.15, 0.2) is 5.82 Å². The number of hydrogen-bond donors (Lipinski definition) is 1. The van der Waals surface area contributed by atoms with E-state index in [1.54, 1.807) is 0 Å². The van der Waals surface area contributed by atoms with Gasteiger partial charge in [-0.2, -0.15) is 9.36 Å². The van der Waals surface area contributed by atoms with Crippen molar-refractivity contribution in [3.63, 3.8) is 0 Å². The second-order valence-corrected chi connectivity index (χ2v) is 5.40. The lowest BCUT2D eigenvalue weighted by Crippen LogP contribution is -2.08. The molecule has 84 valence electrons.